The summed E-state index contributed by atoms with van der Waals surface area (Å²) >= 11 is 0. The van der Waals surface area contributed by atoms with Gasteiger partial charge in [0.2, 0.25) is 11.8 Å². The van der Waals surface area contributed by atoms with Crippen LogP contribution in [0, 0.1) is 5.82 Å². The van der Waals surface area contributed by atoms with Crippen molar-refractivity contribution in [3.63, 3.8) is 0 Å². The van der Waals surface area contributed by atoms with Crippen molar-refractivity contribution in [2.45, 2.75) is 26.4 Å². The zero-order valence-electron chi connectivity index (χ0n) is 15.9. The lowest BCUT2D eigenvalue weighted by Crippen LogP contribution is -2.49. The summed E-state index contributed by atoms with van der Waals surface area (Å²) in [7, 11) is 0. The van der Waals surface area contributed by atoms with Gasteiger partial charge in [-0.05, 0) is 43.7 Å². The molecular formula is C21H24FN3O3. The molecule has 28 heavy (non-hydrogen) atoms. The number of benzene rings is 2. The Morgan fingerprint density at radius 1 is 1.04 bits per heavy atom. The van der Waals surface area contributed by atoms with Gasteiger partial charge in [0.15, 0.2) is 0 Å². The number of halogens is 1. The molecule has 0 aliphatic heterocycles. The molecule has 2 aromatic rings. The van der Waals surface area contributed by atoms with E-state index in [9.17, 15) is 18.8 Å². The van der Waals surface area contributed by atoms with Gasteiger partial charge in [-0.25, -0.2) is 4.39 Å². The summed E-state index contributed by atoms with van der Waals surface area (Å²) < 4.78 is 12.9. The van der Waals surface area contributed by atoms with E-state index >= 15 is 0 Å². The monoisotopic (exact) mass is 385 g/mol. The first-order valence-corrected chi connectivity index (χ1v) is 9.06. The number of nitrogens with zero attached hydrogens (tertiary/aromatic N) is 1. The van der Waals surface area contributed by atoms with Crippen molar-refractivity contribution < 1.29 is 18.8 Å². The van der Waals surface area contributed by atoms with E-state index in [1.54, 1.807) is 56.3 Å². The summed E-state index contributed by atoms with van der Waals surface area (Å²) in [6, 6.07) is 13.6. The van der Waals surface area contributed by atoms with E-state index in [1.807, 2.05) is 0 Å². The summed E-state index contributed by atoms with van der Waals surface area (Å²) in [4.78, 5) is 38.3. The van der Waals surface area contributed by atoms with Crippen LogP contribution in [0.25, 0.3) is 0 Å². The highest BCUT2D eigenvalue weighted by atomic mass is 19.1. The Morgan fingerprint density at radius 3 is 2.29 bits per heavy atom. The van der Waals surface area contributed by atoms with Crippen LogP contribution < -0.4 is 10.6 Å². The fourth-order valence-corrected chi connectivity index (χ4v) is 2.58. The van der Waals surface area contributed by atoms with Crippen molar-refractivity contribution in [1.82, 2.24) is 15.5 Å². The molecule has 0 aliphatic rings. The number of hydrogen-bond acceptors (Lipinski definition) is 3. The number of amides is 3. The van der Waals surface area contributed by atoms with Crippen molar-refractivity contribution in [3.05, 3.63) is 71.5 Å². The van der Waals surface area contributed by atoms with Crippen LogP contribution in [0.5, 0.6) is 0 Å². The Morgan fingerprint density at radius 2 is 1.68 bits per heavy atom. The predicted molar refractivity (Wildman–Crippen MR) is 104 cm³/mol. The van der Waals surface area contributed by atoms with Gasteiger partial charge in [-0.2, -0.15) is 0 Å². The quantitative estimate of drug-likeness (QED) is 0.731. The Kier molecular flexibility index (Phi) is 7.68. The molecule has 0 bridgehead atoms. The number of carbonyl (C=O) groups excluding carboxylic acids is 3. The highest BCUT2D eigenvalue weighted by Crippen LogP contribution is 2.03. The Hall–Kier alpha value is -3.22. The van der Waals surface area contributed by atoms with Crippen LogP contribution in [-0.4, -0.2) is 41.8 Å². The standard InChI is InChI=1S/C21H24FN3O3/c1-3-25(14-19(26)23-13-16-9-11-18(22)12-10-16)21(28)15(2)24-20(27)17-7-5-4-6-8-17/h4-12,15H,3,13-14H2,1-2H3,(H,23,26)(H,24,27). The van der Waals surface area contributed by atoms with Crippen LogP contribution in [0.15, 0.2) is 54.6 Å². The molecule has 7 heteroatoms. The minimum Gasteiger partial charge on any atom is -0.350 e. The van der Waals surface area contributed by atoms with E-state index in [0.717, 1.165) is 5.56 Å². The van der Waals surface area contributed by atoms with Crippen molar-refractivity contribution in [2.24, 2.45) is 0 Å². The Balaban J connectivity index is 1.86. The summed E-state index contributed by atoms with van der Waals surface area (Å²) in [5.74, 6) is -1.37. The Bertz CT molecular complexity index is 809. The second kappa shape index (κ2) is 10.2. The summed E-state index contributed by atoms with van der Waals surface area (Å²) in [6.45, 7) is 3.79. The smallest absolute Gasteiger partial charge is 0.251 e. The van der Waals surface area contributed by atoms with Crippen molar-refractivity contribution >= 4 is 17.7 Å². The van der Waals surface area contributed by atoms with Gasteiger partial charge in [0.25, 0.3) is 5.91 Å². The van der Waals surface area contributed by atoms with Crippen LogP contribution in [0.4, 0.5) is 4.39 Å². The van der Waals surface area contributed by atoms with Gasteiger partial charge in [-0.3, -0.25) is 14.4 Å². The molecule has 0 aromatic heterocycles. The van der Waals surface area contributed by atoms with Crippen molar-refractivity contribution in [2.75, 3.05) is 13.1 Å². The van der Waals surface area contributed by atoms with E-state index in [0.29, 0.717) is 12.1 Å². The molecule has 2 aromatic carbocycles. The van der Waals surface area contributed by atoms with Crippen LogP contribution in [0.2, 0.25) is 0 Å². The maximum Gasteiger partial charge on any atom is 0.251 e. The van der Waals surface area contributed by atoms with Gasteiger partial charge in [-0.15, -0.1) is 0 Å². The fourth-order valence-electron chi connectivity index (χ4n) is 2.58. The van der Waals surface area contributed by atoms with Crippen LogP contribution in [0.1, 0.15) is 29.8 Å². The lowest BCUT2D eigenvalue weighted by Gasteiger charge is -2.24. The Labute approximate surface area is 163 Å². The van der Waals surface area contributed by atoms with Gasteiger partial charge in [0.1, 0.15) is 11.9 Å². The molecule has 0 radical (unpaired) electrons. The molecule has 0 fully saturated rings. The third kappa shape index (κ3) is 6.19. The zero-order valence-corrected chi connectivity index (χ0v) is 15.9. The number of nitrogens with one attached hydrogen (secondary N) is 2. The fraction of sp³-hybridized carbons (Fsp3) is 0.286. The molecule has 148 valence electrons. The molecule has 1 atom stereocenters. The van der Waals surface area contributed by atoms with Crippen LogP contribution in [0.3, 0.4) is 0 Å². The average Bonchev–Trinajstić information content (AvgIpc) is 2.71. The molecule has 6 nitrogen and oxygen atoms in total. The number of rotatable bonds is 8. The molecule has 1 unspecified atom stereocenters. The zero-order chi connectivity index (χ0) is 20.5. The van der Waals surface area contributed by atoms with E-state index in [-0.39, 0.29) is 36.6 Å². The maximum atomic E-state index is 12.9. The van der Waals surface area contributed by atoms with Crippen molar-refractivity contribution in [3.8, 4) is 0 Å². The van der Waals surface area contributed by atoms with Gasteiger partial charge in [-0.1, -0.05) is 30.3 Å². The molecule has 0 aliphatic carbocycles. The SMILES string of the molecule is CCN(CC(=O)NCc1ccc(F)cc1)C(=O)C(C)NC(=O)c1ccccc1. The van der Waals surface area contributed by atoms with Gasteiger partial charge in [0, 0.05) is 18.7 Å². The molecule has 3 amide bonds. The second-order valence-corrected chi connectivity index (χ2v) is 6.32. The minimum absolute atomic E-state index is 0.123. The third-order valence-corrected chi connectivity index (χ3v) is 4.18. The maximum absolute atomic E-state index is 12.9. The lowest BCUT2D eigenvalue weighted by molar-refractivity contribution is -0.137. The van der Waals surface area contributed by atoms with Crippen molar-refractivity contribution in [1.29, 1.82) is 0 Å². The van der Waals surface area contributed by atoms with Gasteiger partial charge >= 0.3 is 0 Å². The van der Waals surface area contributed by atoms with Crippen LogP contribution in [-0.2, 0) is 16.1 Å². The highest BCUT2D eigenvalue weighted by Gasteiger charge is 2.23. The molecule has 0 spiro atoms. The normalized spacial score (nSPS) is 11.4. The number of likely N-dealkylation sites (N-methyl/N-ethyl adjacent to an activating group) is 1. The first kappa shape index (κ1) is 21.1. The number of carbonyl (C=O) groups is 3. The largest absolute Gasteiger partial charge is 0.350 e. The first-order chi connectivity index (χ1) is 13.4. The minimum atomic E-state index is -0.766. The molecule has 0 saturated carbocycles. The second-order valence-electron chi connectivity index (χ2n) is 6.32. The lowest BCUT2D eigenvalue weighted by atomic mass is 10.2. The molecular weight excluding hydrogens is 361 g/mol. The molecule has 0 saturated heterocycles. The molecule has 2 N–H and O–H groups in total. The molecule has 2 rings (SSSR count). The predicted octanol–water partition coefficient (Wildman–Crippen LogP) is 2.11. The topological polar surface area (TPSA) is 78.5 Å². The highest BCUT2D eigenvalue weighted by molar-refractivity contribution is 5.97. The first-order valence-electron chi connectivity index (χ1n) is 9.06. The van der Waals surface area contributed by atoms with Gasteiger partial charge in [0.05, 0.1) is 6.54 Å². The van der Waals surface area contributed by atoms with E-state index in [4.69, 9.17) is 0 Å². The van der Waals surface area contributed by atoms with Crippen LogP contribution >= 0.6 is 0 Å². The summed E-state index contributed by atoms with van der Waals surface area (Å²) in [5, 5.41) is 5.35. The van der Waals surface area contributed by atoms with E-state index < -0.39 is 6.04 Å². The average molecular weight is 385 g/mol. The number of hydrogen-bond donors (Lipinski definition) is 2. The molecule has 0 heterocycles. The summed E-state index contributed by atoms with van der Waals surface area (Å²) in [5.41, 5.74) is 1.22. The van der Waals surface area contributed by atoms with E-state index in [2.05, 4.69) is 10.6 Å². The van der Waals surface area contributed by atoms with Gasteiger partial charge < -0.3 is 15.5 Å². The summed E-state index contributed by atoms with van der Waals surface area (Å²) in [6.07, 6.45) is 0. The van der Waals surface area contributed by atoms with E-state index in [1.165, 1.54) is 17.0 Å². The third-order valence-electron chi connectivity index (χ3n) is 4.18.